The maximum Gasteiger partial charge on any atom is 0.275 e. The second-order valence-corrected chi connectivity index (χ2v) is 6.61. The van der Waals surface area contributed by atoms with Crippen molar-refractivity contribution >= 4 is 28.4 Å². The molecule has 1 fully saturated rings. The Balaban J connectivity index is 1.46. The van der Waals surface area contributed by atoms with Gasteiger partial charge < -0.3 is 24.3 Å². The van der Waals surface area contributed by atoms with Crippen LogP contribution in [0.15, 0.2) is 41.1 Å². The van der Waals surface area contributed by atoms with E-state index in [1.54, 1.807) is 24.4 Å². The van der Waals surface area contributed by atoms with Gasteiger partial charge in [0.25, 0.3) is 5.91 Å². The number of hydrogen-bond donors (Lipinski definition) is 2. The average molecular weight is 390 g/mol. The number of fused-ring (bicyclic) bond motifs is 1. The minimum absolute atomic E-state index is 0.00579. The van der Waals surface area contributed by atoms with Gasteiger partial charge in [-0.2, -0.15) is 0 Å². The molecule has 0 radical (unpaired) electrons. The first-order chi connectivity index (χ1) is 13.0. The van der Waals surface area contributed by atoms with Gasteiger partial charge in [0.1, 0.15) is 17.5 Å². The number of aliphatic hydroxyl groups excluding tert-OH is 2. The van der Waals surface area contributed by atoms with Crippen LogP contribution >= 0.6 is 11.6 Å². The predicted molar refractivity (Wildman–Crippen MR) is 95.5 cm³/mol. The molecule has 3 aromatic rings. The molecule has 140 valence electrons. The number of likely N-dealkylation sites (tertiary alicyclic amines) is 1. The molecule has 1 saturated heterocycles. The standard InChI is InChI=1S/C18H16ClN3O5/c19-11-3-4-15(17-10(11)2-1-5-20-17)26-9-16-21-12(8-27-16)18(25)22-6-13(23)14(24)7-22/h1-5,8,13-14,23-24H,6-7,9H2/t13-,14+. The van der Waals surface area contributed by atoms with E-state index in [4.69, 9.17) is 20.8 Å². The number of benzene rings is 1. The monoisotopic (exact) mass is 389 g/mol. The van der Waals surface area contributed by atoms with Crippen molar-refractivity contribution in [2.24, 2.45) is 0 Å². The van der Waals surface area contributed by atoms with Crippen LogP contribution in [0.1, 0.15) is 16.4 Å². The molecule has 27 heavy (non-hydrogen) atoms. The number of hydrogen-bond acceptors (Lipinski definition) is 7. The van der Waals surface area contributed by atoms with E-state index in [1.807, 2.05) is 6.07 Å². The first kappa shape index (κ1) is 17.7. The van der Waals surface area contributed by atoms with Gasteiger partial charge in [0.2, 0.25) is 5.89 Å². The van der Waals surface area contributed by atoms with Crippen LogP contribution in [0.5, 0.6) is 5.75 Å². The van der Waals surface area contributed by atoms with Gasteiger partial charge in [-0.25, -0.2) is 4.98 Å². The summed E-state index contributed by atoms with van der Waals surface area (Å²) in [4.78, 5) is 22.1. The number of rotatable bonds is 4. The third-order valence-electron chi connectivity index (χ3n) is 4.35. The van der Waals surface area contributed by atoms with E-state index in [1.165, 1.54) is 11.2 Å². The number of carbonyl (C=O) groups excluding carboxylic acids is 1. The van der Waals surface area contributed by atoms with E-state index >= 15 is 0 Å². The fourth-order valence-corrected chi connectivity index (χ4v) is 3.16. The zero-order chi connectivity index (χ0) is 19.0. The summed E-state index contributed by atoms with van der Waals surface area (Å²) in [5.41, 5.74) is 0.710. The highest BCUT2D eigenvalue weighted by Crippen LogP contribution is 2.30. The van der Waals surface area contributed by atoms with Crippen molar-refractivity contribution in [2.75, 3.05) is 13.1 Å². The number of oxazole rings is 1. The van der Waals surface area contributed by atoms with Gasteiger partial charge in [-0.15, -0.1) is 0 Å². The van der Waals surface area contributed by atoms with Gasteiger partial charge >= 0.3 is 0 Å². The number of halogens is 1. The van der Waals surface area contributed by atoms with E-state index in [0.717, 1.165) is 5.39 Å². The fourth-order valence-electron chi connectivity index (χ4n) is 2.94. The second kappa shape index (κ2) is 7.15. The molecule has 0 unspecified atom stereocenters. The summed E-state index contributed by atoms with van der Waals surface area (Å²) < 4.78 is 11.0. The molecular formula is C18H16ClN3O5. The van der Waals surface area contributed by atoms with Crippen molar-refractivity contribution < 1.29 is 24.2 Å². The summed E-state index contributed by atoms with van der Waals surface area (Å²) >= 11 is 6.16. The number of amides is 1. The second-order valence-electron chi connectivity index (χ2n) is 6.21. The minimum Gasteiger partial charge on any atom is -0.482 e. The highest BCUT2D eigenvalue weighted by molar-refractivity contribution is 6.35. The molecule has 8 nitrogen and oxygen atoms in total. The predicted octanol–water partition coefficient (Wildman–Crippen LogP) is 1.63. The molecule has 3 heterocycles. The molecular weight excluding hydrogens is 374 g/mol. The molecule has 0 aliphatic carbocycles. The van der Waals surface area contributed by atoms with E-state index < -0.39 is 18.1 Å². The number of aliphatic hydroxyl groups is 2. The van der Waals surface area contributed by atoms with Crippen LogP contribution in [-0.4, -0.2) is 56.3 Å². The third kappa shape index (κ3) is 3.46. The molecule has 2 aromatic heterocycles. The number of pyridine rings is 1. The van der Waals surface area contributed by atoms with E-state index in [-0.39, 0.29) is 31.3 Å². The quantitative estimate of drug-likeness (QED) is 0.698. The van der Waals surface area contributed by atoms with Crippen molar-refractivity contribution in [3.8, 4) is 5.75 Å². The Morgan fingerprint density at radius 1 is 1.30 bits per heavy atom. The summed E-state index contributed by atoms with van der Waals surface area (Å²) in [5.74, 6) is 0.323. The summed E-state index contributed by atoms with van der Waals surface area (Å²) in [5, 5.41) is 20.5. The van der Waals surface area contributed by atoms with Crippen molar-refractivity contribution in [3.05, 3.63) is 53.3 Å². The molecule has 0 spiro atoms. The van der Waals surface area contributed by atoms with Crippen LogP contribution in [0.3, 0.4) is 0 Å². The minimum atomic E-state index is -0.950. The highest BCUT2D eigenvalue weighted by atomic mass is 35.5. The van der Waals surface area contributed by atoms with Crippen LogP contribution in [0.4, 0.5) is 0 Å². The highest BCUT2D eigenvalue weighted by Gasteiger charge is 2.34. The molecule has 1 aliphatic rings. The van der Waals surface area contributed by atoms with Gasteiger partial charge in [0.05, 0.1) is 17.2 Å². The summed E-state index contributed by atoms with van der Waals surface area (Å²) in [7, 11) is 0. The third-order valence-corrected chi connectivity index (χ3v) is 4.68. The van der Waals surface area contributed by atoms with Crippen LogP contribution in [0.25, 0.3) is 10.9 Å². The lowest BCUT2D eigenvalue weighted by molar-refractivity contribution is 0.0572. The molecule has 1 aliphatic heterocycles. The first-order valence-corrected chi connectivity index (χ1v) is 8.66. The van der Waals surface area contributed by atoms with E-state index in [0.29, 0.717) is 16.3 Å². The van der Waals surface area contributed by atoms with Crippen LogP contribution in [0.2, 0.25) is 5.02 Å². The molecule has 0 saturated carbocycles. The van der Waals surface area contributed by atoms with Gasteiger partial charge in [-0.1, -0.05) is 11.6 Å². The zero-order valence-corrected chi connectivity index (χ0v) is 14.8. The van der Waals surface area contributed by atoms with Crippen molar-refractivity contribution in [3.63, 3.8) is 0 Å². The van der Waals surface area contributed by atoms with Crippen molar-refractivity contribution in [1.29, 1.82) is 0 Å². The first-order valence-electron chi connectivity index (χ1n) is 8.29. The SMILES string of the molecule is O=C(c1coc(COc2ccc(Cl)c3cccnc23)n1)N1C[C@@H](O)[C@@H](O)C1. The lowest BCUT2D eigenvalue weighted by atomic mass is 10.2. The fraction of sp³-hybridized carbons (Fsp3) is 0.278. The summed E-state index contributed by atoms with van der Waals surface area (Å²) in [6.45, 7) is 0.119. The summed E-state index contributed by atoms with van der Waals surface area (Å²) in [6.07, 6.45) is 0.978. The Hall–Kier alpha value is -2.68. The maximum atomic E-state index is 12.4. The zero-order valence-electron chi connectivity index (χ0n) is 14.1. The van der Waals surface area contributed by atoms with E-state index in [2.05, 4.69) is 9.97 Å². The number of carbonyl (C=O) groups is 1. The Kier molecular flexibility index (Phi) is 4.69. The molecule has 9 heteroatoms. The number of ether oxygens (including phenoxy) is 1. The Labute approximate surface area is 159 Å². The van der Waals surface area contributed by atoms with Crippen molar-refractivity contribution in [1.82, 2.24) is 14.9 Å². The Bertz CT molecular complexity index is 982. The Morgan fingerprint density at radius 3 is 2.85 bits per heavy atom. The van der Waals surface area contributed by atoms with Gasteiger partial charge in [-0.05, 0) is 24.3 Å². The van der Waals surface area contributed by atoms with Crippen LogP contribution < -0.4 is 4.74 Å². The normalized spacial score (nSPS) is 19.6. The molecule has 4 rings (SSSR count). The molecule has 0 bridgehead atoms. The van der Waals surface area contributed by atoms with Crippen molar-refractivity contribution in [2.45, 2.75) is 18.8 Å². The van der Waals surface area contributed by atoms with Gasteiger partial charge in [-0.3, -0.25) is 9.78 Å². The number of aromatic nitrogens is 2. The average Bonchev–Trinajstić information content (AvgIpc) is 3.28. The maximum absolute atomic E-state index is 12.4. The van der Waals surface area contributed by atoms with Gasteiger partial charge in [0, 0.05) is 24.7 Å². The lowest BCUT2D eigenvalue weighted by Crippen LogP contribution is -2.30. The largest absolute Gasteiger partial charge is 0.482 e. The molecule has 2 atom stereocenters. The molecule has 2 N–H and O–H groups in total. The lowest BCUT2D eigenvalue weighted by Gasteiger charge is -2.12. The van der Waals surface area contributed by atoms with E-state index in [9.17, 15) is 15.0 Å². The Morgan fingerprint density at radius 2 is 2.07 bits per heavy atom. The van der Waals surface area contributed by atoms with Crippen LogP contribution in [-0.2, 0) is 6.61 Å². The van der Waals surface area contributed by atoms with Gasteiger partial charge in [0.15, 0.2) is 12.3 Å². The number of nitrogens with zero attached hydrogens (tertiary/aromatic N) is 3. The summed E-state index contributed by atoms with van der Waals surface area (Å²) in [6, 6.07) is 7.06. The molecule has 1 amide bonds. The number of β-amino-alcohol motifs (C(OH)–C–C–N with tert-alkyl or cyclic N) is 2. The van der Waals surface area contributed by atoms with Crippen LogP contribution in [0, 0.1) is 0 Å². The molecule has 1 aromatic carbocycles. The topological polar surface area (TPSA) is 109 Å². The smallest absolute Gasteiger partial charge is 0.275 e.